The van der Waals surface area contributed by atoms with Crippen molar-refractivity contribution < 1.29 is 4.74 Å². The first-order chi connectivity index (χ1) is 9.20. The molecule has 0 spiro atoms. The fraction of sp³-hybridized carbons (Fsp3) is 0.667. The quantitative estimate of drug-likeness (QED) is 0.875. The molecule has 2 unspecified atom stereocenters. The Morgan fingerprint density at radius 1 is 1.15 bits per heavy atom. The molecule has 0 heterocycles. The van der Waals surface area contributed by atoms with Crippen molar-refractivity contribution in [3.8, 4) is 5.75 Å². The van der Waals surface area contributed by atoms with Gasteiger partial charge in [0.2, 0.25) is 0 Å². The number of hydrogen-bond donors (Lipinski definition) is 1. The smallest absolute Gasteiger partial charge is 0.119 e. The predicted octanol–water partition coefficient (Wildman–Crippen LogP) is 4.27. The third kappa shape index (κ3) is 3.35. The number of ether oxygens (including phenoxy) is 1. The number of benzene rings is 1. The molecule has 0 radical (unpaired) electrons. The van der Waals surface area contributed by atoms with Crippen molar-refractivity contribution in [1.82, 2.24) is 0 Å². The van der Waals surface area contributed by atoms with Gasteiger partial charge in [0.1, 0.15) is 11.9 Å². The van der Waals surface area contributed by atoms with Crippen molar-refractivity contribution in [2.75, 3.05) is 0 Å². The van der Waals surface area contributed by atoms with Gasteiger partial charge >= 0.3 is 0 Å². The first-order valence-corrected chi connectivity index (χ1v) is 7.73. The molecule has 1 aromatic carbocycles. The van der Waals surface area contributed by atoms with E-state index in [1.807, 2.05) is 0 Å². The van der Waals surface area contributed by atoms with Crippen molar-refractivity contribution in [3.63, 3.8) is 0 Å². The molecule has 2 heteroatoms. The van der Waals surface area contributed by atoms with Gasteiger partial charge in [0.05, 0.1) is 0 Å². The molecule has 1 aliphatic carbocycles. The molecule has 1 fully saturated rings. The van der Waals surface area contributed by atoms with Gasteiger partial charge in [-0.15, -0.1) is 0 Å². The molecule has 1 saturated carbocycles. The summed E-state index contributed by atoms with van der Waals surface area (Å²) in [6, 6.07) is 8.59. The van der Waals surface area contributed by atoms with Crippen LogP contribution in [0.15, 0.2) is 24.3 Å². The van der Waals surface area contributed by atoms with E-state index in [1.165, 1.54) is 18.4 Å². The van der Waals surface area contributed by atoms with E-state index in [2.05, 4.69) is 58.9 Å². The van der Waals surface area contributed by atoms with Gasteiger partial charge < -0.3 is 10.5 Å². The summed E-state index contributed by atoms with van der Waals surface area (Å²) in [7, 11) is 0. The molecule has 2 N–H and O–H groups in total. The molecule has 2 rings (SSSR count). The third-order valence-corrected chi connectivity index (χ3v) is 4.62. The van der Waals surface area contributed by atoms with Crippen LogP contribution in [0.1, 0.15) is 59.4 Å². The van der Waals surface area contributed by atoms with Crippen LogP contribution >= 0.6 is 0 Å². The van der Waals surface area contributed by atoms with Crippen LogP contribution < -0.4 is 10.5 Å². The maximum absolute atomic E-state index is 6.38. The third-order valence-electron chi connectivity index (χ3n) is 4.62. The van der Waals surface area contributed by atoms with E-state index in [-0.39, 0.29) is 23.0 Å². The van der Waals surface area contributed by atoms with Gasteiger partial charge in [-0.1, -0.05) is 46.8 Å². The maximum Gasteiger partial charge on any atom is 0.119 e. The molecule has 0 aliphatic heterocycles. The molecule has 0 bridgehead atoms. The zero-order valence-electron chi connectivity index (χ0n) is 13.6. The van der Waals surface area contributed by atoms with Gasteiger partial charge in [-0.25, -0.2) is 0 Å². The lowest BCUT2D eigenvalue weighted by Gasteiger charge is -2.41. The Hall–Kier alpha value is -1.02. The standard InChI is InChI=1S/C18H29NO/c1-17(2,3)13-8-10-14(11-9-13)20-15-7-6-12-18(4,5)16(15)19/h8-11,15-16H,6-7,12,19H2,1-5H3. The van der Waals surface area contributed by atoms with E-state index in [4.69, 9.17) is 10.5 Å². The lowest BCUT2D eigenvalue weighted by atomic mass is 9.72. The lowest BCUT2D eigenvalue weighted by molar-refractivity contribution is 0.0567. The monoisotopic (exact) mass is 275 g/mol. The highest BCUT2D eigenvalue weighted by molar-refractivity contribution is 5.31. The van der Waals surface area contributed by atoms with E-state index in [9.17, 15) is 0 Å². The van der Waals surface area contributed by atoms with Crippen molar-refractivity contribution in [3.05, 3.63) is 29.8 Å². The molecule has 0 aromatic heterocycles. The summed E-state index contributed by atoms with van der Waals surface area (Å²) >= 11 is 0. The zero-order chi connectivity index (χ0) is 15.0. The molecule has 20 heavy (non-hydrogen) atoms. The highest BCUT2D eigenvalue weighted by Gasteiger charge is 2.37. The highest BCUT2D eigenvalue weighted by atomic mass is 16.5. The van der Waals surface area contributed by atoms with E-state index in [0.717, 1.165) is 12.2 Å². The SMILES string of the molecule is CC(C)(C)c1ccc(OC2CCCC(C)(C)C2N)cc1. The molecule has 1 aromatic rings. The van der Waals surface area contributed by atoms with Crippen LogP contribution in [0.25, 0.3) is 0 Å². The van der Waals surface area contributed by atoms with Crippen LogP contribution in [0.5, 0.6) is 5.75 Å². The molecule has 1 aliphatic rings. The Morgan fingerprint density at radius 3 is 2.30 bits per heavy atom. The fourth-order valence-corrected chi connectivity index (χ4v) is 2.95. The minimum absolute atomic E-state index is 0.110. The average molecular weight is 275 g/mol. The van der Waals surface area contributed by atoms with Gasteiger partial charge in [-0.3, -0.25) is 0 Å². The molecular weight excluding hydrogens is 246 g/mol. The second-order valence-electron chi connectivity index (χ2n) is 7.84. The predicted molar refractivity (Wildman–Crippen MR) is 85.2 cm³/mol. The summed E-state index contributed by atoms with van der Waals surface area (Å²) in [5.41, 5.74) is 8.07. The molecule has 0 amide bonds. The summed E-state index contributed by atoms with van der Waals surface area (Å²) < 4.78 is 6.15. The normalized spacial score (nSPS) is 26.3. The van der Waals surface area contributed by atoms with Crippen molar-refractivity contribution >= 4 is 0 Å². The van der Waals surface area contributed by atoms with Crippen LogP contribution in [-0.4, -0.2) is 12.1 Å². The van der Waals surface area contributed by atoms with Crippen LogP contribution in [0.2, 0.25) is 0 Å². The van der Waals surface area contributed by atoms with Gasteiger partial charge in [0.25, 0.3) is 0 Å². The van der Waals surface area contributed by atoms with Crippen LogP contribution in [-0.2, 0) is 5.41 Å². The molecule has 2 nitrogen and oxygen atoms in total. The van der Waals surface area contributed by atoms with E-state index in [0.29, 0.717) is 0 Å². The molecule has 0 saturated heterocycles. The summed E-state index contributed by atoms with van der Waals surface area (Å²) in [6.45, 7) is 11.2. The zero-order valence-corrected chi connectivity index (χ0v) is 13.6. The minimum Gasteiger partial charge on any atom is -0.489 e. The van der Waals surface area contributed by atoms with E-state index >= 15 is 0 Å². The van der Waals surface area contributed by atoms with Crippen molar-refractivity contribution in [2.45, 2.75) is 71.4 Å². The Kier molecular flexibility index (Phi) is 4.15. The first-order valence-electron chi connectivity index (χ1n) is 7.73. The van der Waals surface area contributed by atoms with Gasteiger partial charge in [-0.2, -0.15) is 0 Å². The summed E-state index contributed by atoms with van der Waals surface area (Å²) in [5.74, 6) is 0.941. The van der Waals surface area contributed by atoms with Gasteiger partial charge in [0.15, 0.2) is 0 Å². The topological polar surface area (TPSA) is 35.2 Å². The van der Waals surface area contributed by atoms with Crippen LogP contribution in [0, 0.1) is 5.41 Å². The molecule has 2 atom stereocenters. The Bertz CT molecular complexity index is 441. The Labute approximate surface area is 123 Å². The Balaban J connectivity index is 2.07. The highest BCUT2D eigenvalue weighted by Crippen LogP contribution is 2.36. The lowest BCUT2D eigenvalue weighted by Crippen LogP contribution is -2.51. The number of hydrogen-bond acceptors (Lipinski definition) is 2. The second kappa shape index (κ2) is 5.40. The van der Waals surface area contributed by atoms with E-state index in [1.54, 1.807) is 0 Å². The number of rotatable bonds is 2. The summed E-state index contributed by atoms with van der Waals surface area (Å²) in [6.07, 6.45) is 3.59. The van der Waals surface area contributed by atoms with Crippen LogP contribution in [0.4, 0.5) is 0 Å². The first kappa shape index (κ1) is 15.4. The molecular formula is C18H29NO. The van der Waals surface area contributed by atoms with Crippen molar-refractivity contribution in [1.29, 1.82) is 0 Å². The maximum atomic E-state index is 6.38. The summed E-state index contributed by atoms with van der Waals surface area (Å²) in [4.78, 5) is 0. The molecule has 112 valence electrons. The Morgan fingerprint density at radius 2 is 1.75 bits per heavy atom. The van der Waals surface area contributed by atoms with Crippen LogP contribution in [0.3, 0.4) is 0 Å². The minimum atomic E-state index is 0.110. The van der Waals surface area contributed by atoms with Gasteiger partial charge in [0, 0.05) is 6.04 Å². The summed E-state index contributed by atoms with van der Waals surface area (Å²) in [5, 5.41) is 0. The number of nitrogens with two attached hydrogens (primary N) is 1. The van der Waals surface area contributed by atoms with E-state index < -0.39 is 0 Å². The van der Waals surface area contributed by atoms with Gasteiger partial charge in [-0.05, 0) is 47.8 Å². The fourth-order valence-electron chi connectivity index (χ4n) is 2.95. The second-order valence-corrected chi connectivity index (χ2v) is 7.84. The van der Waals surface area contributed by atoms with Crippen molar-refractivity contribution in [2.24, 2.45) is 11.1 Å². The largest absolute Gasteiger partial charge is 0.489 e. The average Bonchev–Trinajstić information content (AvgIpc) is 2.34.